The lowest BCUT2D eigenvalue weighted by atomic mass is 10.1. The molecule has 0 aromatic carbocycles. The van der Waals surface area contributed by atoms with Crippen LogP contribution in [0, 0.1) is 13.8 Å². The summed E-state index contributed by atoms with van der Waals surface area (Å²) in [5.74, 6) is 0.101. The van der Waals surface area contributed by atoms with Crippen LogP contribution in [0.3, 0.4) is 0 Å². The van der Waals surface area contributed by atoms with Crippen molar-refractivity contribution in [3.05, 3.63) is 45.7 Å². The summed E-state index contributed by atoms with van der Waals surface area (Å²) < 4.78 is 0. The zero-order valence-electron chi connectivity index (χ0n) is 9.23. The van der Waals surface area contributed by atoms with E-state index in [9.17, 15) is 4.79 Å². The van der Waals surface area contributed by atoms with Crippen LogP contribution >= 0.6 is 11.3 Å². The summed E-state index contributed by atoms with van der Waals surface area (Å²) in [6, 6.07) is 3.64. The van der Waals surface area contributed by atoms with Crippen LogP contribution in [0.15, 0.2) is 23.7 Å². The van der Waals surface area contributed by atoms with Crippen molar-refractivity contribution in [2.24, 2.45) is 0 Å². The van der Waals surface area contributed by atoms with Gasteiger partial charge in [-0.15, -0.1) is 11.3 Å². The number of Topliss-reactive ketones (excluding diaryl/α,β-unsaturated/α-hetero) is 1. The Kier molecular flexibility index (Phi) is 3.10. The molecule has 2 aromatic rings. The van der Waals surface area contributed by atoms with Crippen molar-refractivity contribution >= 4 is 17.1 Å². The molecule has 0 aliphatic rings. The van der Waals surface area contributed by atoms with E-state index in [0.717, 1.165) is 22.0 Å². The summed E-state index contributed by atoms with van der Waals surface area (Å²) in [7, 11) is 0. The van der Waals surface area contributed by atoms with E-state index < -0.39 is 0 Å². The predicted octanol–water partition coefficient (Wildman–Crippen LogP) is 2.58. The molecule has 0 atom stereocenters. The van der Waals surface area contributed by atoms with Gasteiger partial charge in [-0.3, -0.25) is 9.78 Å². The number of ketones is 1. The lowest BCUT2D eigenvalue weighted by Crippen LogP contribution is -2.05. The highest BCUT2D eigenvalue weighted by molar-refractivity contribution is 7.09. The van der Waals surface area contributed by atoms with Crippen LogP contribution in [0.2, 0.25) is 0 Å². The minimum Gasteiger partial charge on any atom is -0.294 e. The van der Waals surface area contributed by atoms with Crippen molar-refractivity contribution in [2.45, 2.75) is 20.3 Å². The van der Waals surface area contributed by atoms with Crippen molar-refractivity contribution < 1.29 is 4.79 Å². The van der Waals surface area contributed by atoms with Crippen LogP contribution in [0.1, 0.15) is 26.8 Å². The lowest BCUT2D eigenvalue weighted by Gasteiger charge is -2.02. The Morgan fingerprint density at radius 2 is 2.00 bits per heavy atom. The van der Waals surface area contributed by atoms with Gasteiger partial charge in [0, 0.05) is 28.5 Å². The Bertz CT molecular complexity index is 485. The molecule has 0 N–H and O–H groups in total. The molecule has 0 amide bonds. The SMILES string of the molecule is Cc1cc(C(=O)Cc2nccs2)cc(C)n1. The van der Waals surface area contributed by atoms with Gasteiger partial charge < -0.3 is 0 Å². The van der Waals surface area contributed by atoms with Gasteiger partial charge >= 0.3 is 0 Å². The number of pyridine rings is 1. The molecule has 0 unspecified atom stereocenters. The number of carbonyl (C=O) groups excluding carboxylic acids is 1. The summed E-state index contributed by atoms with van der Waals surface area (Å²) >= 11 is 1.51. The van der Waals surface area contributed by atoms with Crippen molar-refractivity contribution in [1.82, 2.24) is 9.97 Å². The molecule has 2 aromatic heterocycles. The fraction of sp³-hybridized carbons (Fsp3) is 0.250. The summed E-state index contributed by atoms with van der Waals surface area (Å²) in [5.41, 5.74) is 2.48. The minimum atomic E-state index is 0.101. The van der Waals surface area contributed by atoms with Crippen molar-refractivity contribution in [2.75, 3.05) is 0 Å². The standard InChI is InChI=1S/C12H12N2OS/c1-8-5-10(6-9(2)14-8)11(15)7-12-13-3-4-16-12/h3-6H,7H2,1-2H3. The van der Waals surface area contributed by atoms with Crippen molar-refractivity contribution in [1.29, 1.82) is 0 Å². The number of carbonyl (C=O) groups is 1. The Morgan fingerprint density at radius 3 is 2.56 bits per heavy atom. The topological polar surface area (TPSA) is 42.9 Å². The van der Waals surface area contributed by atoms with Gasteiger partial charge in [0.25, 0.3) is 0 Å². The Balaban J connectivity index is 2.21. The quantitative estimate of drug-likeness (QED) is 0.764. The molecule has 2 rings (SSSR count). The monoisotopic (exact) mass is 232 g/mol. The first kappa shape index (κ1) is 11.0. The fourth-order valence-corrected chi connectivity index (χ4v) is 2.19. The Morgan fingerprint density at radius 1 is 1.31 bits per heavy atom. The predicted molar refractivity (Wildman–Crippen MR) is 63.9 cm³/mol. The smallest absolute Gasteiger partial charge is 0.169 e. The van der Waals surface area contributed by atoms with Gasteiger partial charge in [0.15, 0.2) is 5.78 Å². The number of aromatic nitrogens is 2. The van der Waals surface area contributed by atoms with Crippen LogP contribution < -0.4 is 0 Å². The number of hydrogen-bond donors (Lipinski definition) is 0. The number of rotatable bonds is 3. The molecule has 0 aliphatic carbocycles. The van der Waals surface area contributed by atoms with E-state index in [0.29, 0.717) is 6.42 Å². The van der Waals surface area contributed by atoms with Crippen LogP contribution in [0.5, 0.6) is 0 Å². The summed E-state index contributed by atoms with van der Waals surface area (Å²) in [5, 5.41) is 2.74. The first-order valence-corrected chi connectivity index (χ1v) is 5.90. The molecule has 3 nitrogen and oxygen atoms in total. The molecular formula is C12H12N2OS. The van der Waals surface area contributed by atoms with Gasteiger partial charge in [0.1, 0.15) is 5.01 Å². The average molecular weight is 232 g/mol. The first-order valence-electron chi connectivity index (χ1n) is 5.02. The van der Waals surface area contributed by atoms with E-state index in [1.165, 1.54) is 11.3 Å². The molecule has 16 heavy (non-hydrogen) atoms. The van der Waals surface area contributed by atoms with Crippen LogP contribution in [0.25, 0.3) is 0 Å². The van der Waals surface area contributed by atoms with Crippen molar-refractivity contribution in [3.8, 4) is 0 Å². The van der Waals surface area contributed by atoms with Gasteiger partial charge in [-0.1, -0.05) is 0 Å². The van der Waals surface area contributed by atoms with Gasteiger partial charge in [-0.25, -0.2) is 4.98 Å². The number of nitrogens with zero attached hydrogens (tertiary/aromatic N) is 2. The highest BCUT2D eigenvalue weighted by Gasteiger charge is 2.09. The van der Waals surface area contributed by atoms with E-state index in [1.54, 1.807) is 6.20 Å². The third-order valence-corrected chi connectivity index (χ3v) is 2.98. The van der Waals surface area contributed by atoms with E-state index in [-0.39, 0.29) is 5.78 Å². The van der Waals surface area contributed by atoms with Crippen LogP contribution in [-0.4, -0.2) is 15.8 Å². The Labute approximate surface area is 98.2 Å². The van der Waals surface area contributed by atoms with Gasteiger partial charge in [0.2, 0.25) is 0 Å². The molecule has 0 saturated heterocycles. The molecule has 0 radical (unpaired) electrons. The summed E-state index contributed by atoms with van der Waals surface area (Å²) in [4.78, 5) is 20.3. The maximum absolute atomic E-state index is 12.0. The normalized spacial score (nSPS) is 10.4. The fourth-order valence-electron chi connectivity index (χ4n) is 1.58. The molecule has 0 aliphatic heterocycles. The van der Waals surface area contributed by atoms with E-state index >= 15 is 0 Å². The van der Waals surface area contributed by atoms with E-state index in [4.69, 9.17) is 0 Å². The zero-order valence-corrected chi connectivity index (χ0v) is 10.0. The zero-order chi connectivity index (χ0) is 11.5. The highest BCUT2D eigenvalue weighted by atomic mass is 32.1. The summed E-state index contributed by atoms with van der Waals surface area (Å²) in [6.45, 7) is 3.79. The van der Waals surface area contributed by atoms with Gasteiger partial charge in [-0.05, 0) is 26.0 Å². The second kappa shape index (κ2) is 4.53. The highest BCUT2D eigenvalue weighted by Crippen LogP contribution is 2.11. The number of hydrogen-bond acceptors (Lipinski definition) is 4. The molecular weight excluding hydrogens is 220 g/mol. The molecule has 0 bridgehead atoms. The maximum atomic E-state index is 12.0. The molecule has 0 fully saturated rings. The van der Waals surface area contributed by atoms with Crippen LogP contribution in [0.4, 0.5) is 0 Å². The van der Waals surface area contributed by atoms with Gasteiger partial charge in [0.05, 0.1) is 6.42 Å². The van der Waals surface area contributed by atoms with Crippen molar-refractivity contribution in [3.63, 3.8) is 0 Å². The lowest BCUT2D eigenvalue weighted by molar-refractivity contribution is 0.0992. The third-order valence-electron chi connectivity index (χ3n) is 2.20. The summed E-state index contributed by atoms with van der Waals surface area (Å²) in [6.07, 6.45) is 2.09. The molecule has 2 heterocycles. The largest absolute Gasteiger partial charge is 0.294 e. The first-order chi connectivity index (χ1) is 7.65. The third kappa shape index (κ3) is 2.52. The molecule has 0 saturated carbocycles. The second-order valence-corrected chi connectivity index (χ2v) is 4.64. The second-order valence-electron chi connectivity index (χ2n) is 3.66. The van der Waals surface area contributed by atoms with E-state index in [1.807, 2.05) is 31.4 Å². The molecule has 0 spiro atoms. The van der Waals surface area contributed by atoms with Crippen LogP contribution in [-0.2, 0) is 6.42 Å². The van der Waals surface area contributed by atoms with Gasteiger partial charge in [-0.2, -0.15) is 0 Å². The Hall–Kier alpha value is -1.55. The molecule has 4 heteroatoms. The average Bonchev–Trinajstić information content (AvgIpc) is 2.68. The van der Waals surface area contributed by atoms with E-state index in [2.05, 4.69) is 9.97 Å². The molecule has 82 valence electrons. The number of thiazole rings is 1. The minimum absolute atomic E-state index is 0.101. The number of aryl methyl sites for hydroxylation is 2. The maximum Gasteiger partial charge on any atom is 0.169 e.